The molecule has 0 aliphatic carbocycles. The normalized spacial score (nSPS) is 29.3. The molecule has 0 aromatic heterocycles. The second-order valence-electron chi connectivity index (χ2n) is 9.93. The van der Waals surface area contributed by atoms with Gasteiger partial charge in [-0.25, -0.2) is 8.51 Å². The molecule has 5 nitrogen and oxygen atoms in total. The van der Waals surface area contributed by atoms with Crippen molar-refractivity contribution in [2.75, 3.05) is 32.8 Å². The molecule has 0 radical (unpaired) electrons. The summed E-state index contributed by atoms with van der Waals surface area (Å²) >= 11 is 0. The highest BCUT2D eigenvalue weighted by atomic mass is 32.2. The first kappa shape index (κ1) is 25.0. The van der Waals surface area contributed by atoms with Crippen LogP contribution >= 0.6 is 0 Å². The van der Waals surface area contributed by atoms with E-state index in [1.54, 1.807) is 0 Å². The van der Waals surface area contributed by atoms with Gasteiger partial charge in [0.2, 0.25) is 0 Å². The van der Waals surface area contributed by atoms with Gasteiger partial charge >= 0.3 is 0 Å². The minimum atomic E-state index is -0.798. The average molecular weight is 428 g/mol. The summed E-state index contributed by atoms with van der Waals surface area (Å²) in [6.07, 6.45) is 5.98. The molecule has 0 amide bonds. The van der Waals surface area contributed by atoms with Gasteiger partial charge < -0.3 is 15.4 Å². The molecule has 0 bridgehead atoms. The lowest BCUT2D eigenvalue weighted by Gasteiger charge is -2.42. The van der Waals surface area contributed by atoms with E-state index in [4.69, 9.17) is 10.5 Å². The lowest BCUT2D eigenvalue weighted by Crippen LogP contribution is -2.51. The number of nitrogens with two attached hydrogens (primary N) is 1. The Labute approximate surface area is 182 Å². The van der Waals surface area contributed by atoms with Crippen LogP contribution in [0.1, 0.15) is 67.7 Å². The number of hydrogen-bond acceptors (Lipinski definition) is 4. The Kier molecular flexibility index (Phi) is 9.35. The van der Waals surface area contributed by atoms with Crippen molar-refractivity contribution < 1.29 is 8.95 Å². The molecule has 29 heavy (non-hydrogen) atoms. The van der Waals surface area contributed by atoms with Gasteiger partial charge in [0.25, 0.3) is 0 Å². The summed E-state index contributed by atoms with van der Waals surface area (Å²) in [5.74, 6) is 0.643. The van der Waals surface area contributed by atoms with E-state index < -0.39 is 11.0 Å². The van der Waals surface area contributed by atoms with Crippen LogP contribution in [-0.2, 0) is 15.7 Å². The number of rotatable bonds is 4. The third-order valence-corrected chi connectivity index (χ3v) is 8.62. The molecule has 2 fully saturated rings. The summed E-state index contributed by atoms with van der Waals surface area (Å²) in [6.45, 7) is 20.2. The predicted octanol–water partition coefficient (Wildman–Crippen LogP) is 3.57. The van der Waals surface area contributed by atoms with Crippen LogP contribution in [0.5, 0.6) is 0 Å². The smallest absolute Gasteiger partial charge is 0.0971 e. The first-order valence-corrected chi connectivity index (χ1v) is 12.7. The van der Waals surface area contributed by atoms with Crippen molar-refractivity contribution in [1.29, 1.82) is 0 Å². The molecule has 3 unspecified atom stereocenters. The second-order valence-corrected chi connectivity index (χ2v) is 11.9. The predicted molar refractivity (Wildman–Crippen MR) is 124 cm³/mol. The summed E-state index contributed by atoms with van der Waals surface area (Å²) in [7, 11) is -0.798. The Bertz CT molecular complexity index is 568. The van der Waals surface area contributed by atoms with Gasteiger partial charge in [0.1, 0.15) is 0 Å². The Morgan fingerprint density at radius 3 is 2.14 bits per heavy atom. The highest BCUT2D eigenvalue weighted by Gasteiger charge is 2.47. The van der Waals surface area contributed by atoms with Gasteiger partial charge in [-0.3, -0.25) is 0 Å². The SMILES string of the molecule is CC(C)C1=CCN(S(=O)C(C)C)CC1.CC1OCC2(CCN(C(C)C)CC2)C1N. The van der Waals surface area contributed by atoms with Crippen LogP contribution in [0.3, 0.4) is 0 Å². The van der Waals surface area contributed by atoms with E-state index in [9.17, 15) is 4.21 Å². The van der Waals surface area contributed by atoms with Crippen molar-refractivity contribution in [1.82, 2.24) is 9.21 Å². The maximum atomic E-state index is 11.8. The van der Waals surface area contributed by atoms with Gasteiger partial charge in [-0.15, -0.1) is 0 Å². The number of hydrogen-bond donors (Lipinski definition) is 1. The van der Waals surface area contributed by atoms with E-state index in [0.717, 1.165) is 26.1 Å². The van der Waals surface area contributed by atoms with Crippen LogP contribution in [0.15, 0.2) is 11.6 Å². The van der Waals surface area contributed by atoms with Gasteiger partial charge in [-0.1, -0.05) is 25.5 Å². The van der Waals surface area contributed by atoms with Crippen LogP contribution in [0.2, 0.25) is 0 Å². The molecule has 0 aromatic carbocycles. The van der Waals surface area contributed by atoms with Crippen molar-refractivity contribution in [2.45, 2.75) is 91.2 Å². The van der Waals surface area contributed by atoms with E-state index in [-0.39, 0.29) is 22.8 Å². The quantitative estimate of drug-likeness (QED) is 0.697. The van der Waals surface area contributed by atoms with Gasteiger partial charge in [-0.2, -0.15) is 0 Å². The van der Waals surface area contributed by atoms with Crippen molar-refractivity contribution in [3.8, 4) is 0 Å². The number of nitrogens with zero attached hydrogens (tertiary/aromatic N) is 2. The number of ether oxygens (including phenoxy) is 1. The molecular weight excluding hydrogens is 382 g/mol. The zero-order chi connectivity index (χ0) is 21.8. The summed E-state index contributed by atoms with van der Waals surface area (Å²) < 4.78 is 19.6. The molecule has 2 N–H and O–H groups in total. The Morgan fingerprint density at radius 1 is 1.14 bits per heavy atom. The Morgan fingerprint density at radius 2 is 1.76 bits per heavy atom. The minimum Gasteiger partial charge on any atom is -0.376 e. The summed E-state index contributed by atoms with van der Waals surface area (Å²) in [4.78, 5) is 2.54. The molecule has 0 saturated carbocycles. The summed E-state index contributed by atoms with van der Waals surface area (Å²) in [5, 5.41) is 0.240. The number of piperidine rings is 1. The molecule has 3 rings (SSSR count). The molecule has 3 aliphatic heterocycles. The average Bonchev–Trinajstić information content (AvgIpc) is 2.97. The molecule has 3 aliphatic rings. The summed E-state index contributed by atoms with van der Waals surface area (Å²) in [6, 6.07) is 0.908. The van der Waals surface area contributed by atoms with Crippen LogP contribution in [0.4, 0.5) is 0 Å². The van der Waals surface area contributed by atoms with Crippen molar-refractivity contribution >= 4 is 11.0 Å². The van der Waals surface area contributed by atoms with Crippen molar-refractivity contribution in [3.63, 3.8) is 0 Å². The maximum Gasteiger partial charge on any atom is 0.0971 e. The van der Waals surface area contributed by atoms with Crippen molar-refractivity contribution in [2.24, 2.45) is 17.1 Å². The second kappa shape index (κ2) is 10.9. The molecule has 1 spiro atoms. The van der Waals surface area contributed by atoms with Crippen molar-refractivity contribution in [3.05, 3.63) is 11.6 Å². The monoisotopic (exact) mass is 427 g/mol. The fourth-order valence-corrected chi connectivity index (χ4v) is 5.70. The van der Waals surface area contributed by atoms with Gasteiger partial charge in [0.05, 0.1) is 23.7 Å². The lowest BCUT2D eigenvalue weighted by molar-refractivity contribution is 0.0566. The first-order chi connectivity index (χ1) is 13.6. The maximum absolute atomic E-state index is 11.8. The molecule has 0 aromatic rings. The van der Waals surface area contributed by atoms with Gasteiger partial charge in [0.15, 0.2) is 0 Å². The fourth-order valence-electron chi connectivity index (χ4n) is 4.61. The molecule has 170 valence electrons. The lowest BCUT2D eigenvalue weighted by atomic mass is 9.73. The fraction of sp³-hybridized carbons (Fsp3) is 0.913. The standard InChI is InChI=1S/C12H24N2O.C11H21NOS/c1-9(2)14-6-4-12(5-7-14)8-15-10(3)11(12)13;1-9(2)11-5-7-12(8-6-11)14(13)10(3)4/h9-11H,4-8,13H2,1-3H3;5,9-10H,6-8H2,1-4H3. The Balaban J connectivity index is 0.000000208. The van der Waals surface area contributed by atoms with Gasteiger partial charge in [0, 0.05) is 35.8 Å². The largest absolute Gasteiger partial charge is 0.376 e. The molecule has 3 heterocycles. The van der Waals surface area contributed by atoms with Crippen LogP contribution in [0.25, 0.3) is 0 Å². The highest BCUT2D eigenvalue weighted by molar-refractivity contribution is 7.83. The van der Waals surface area contributed by atoms with E-state index in [0.29, 0.717) is 12.0 Å². The molecule has 2 saturated heterocycles. The van der Waals surface area contributed by atoms with Crippen LogP contribution < -0.4 is 5.73 Å². The third-order valence-electron chi connectivity index (χ3n) is 6.98. The van der Waals surface area contributed by atoms with Crippen LogP contribution in [0, 0.1) is 11.3 Å². The third kappa shape index (κ3) is 6.36. The molecule has 3 atom stereocenters. The van der Waals surface area contributed by atoms with E-state index >= 15 is 0 Å². The highest BCUT2D eigenvalue weighted by Crippen LogP contribution is 2.41. The topological polar surface area (TPSA) is 58.8 Å². The zero-order valence-electron chi connectivity index (χ0n) is 19.8. The van der Waals surface area contributed by atoms with E-state index in [1.165, 1.54) is 31.5 Å². The summed E-state index contributed by atoms with van der Waals surface area (Å²) in [5.41, 5.74) is 8.06. The zero-order valence-corrected chi connectivity index (χ0v) is 20.6. The Hall–Kier alpha value is -0.270. The van der Waals surface area contributed by atoms with E-state index in [2.05, 4.69) is 49.9 Å². The molecular formula is C23H45N3O2S. The minimum absolute atomic E-state index is 0.240. The first-order valence-electron chi connectivity index (χ1n) is 11.5. The number of likely N-dealkylation sites (tertiary alicyclic amines) is 1. The van der Waals surface area contributed by atoms with Gasteiger partial charge in [-0.05, 0) is 72.9 Å². The van der Waals surface area contributed by atoms with Crippen LogP contribution in [-0.4, -0.2) is 69.6 Å². The van der Waals surface area contributed by atoms with E-state index in [1.807, 2.05) is 13.8 Å². The molecule has 6 heteroatoms.